The summed E-state index contributed by atoms with van der Waals surface area (Å²) in [4.78, 5) is 13.4. The summed E-state index contributed by atoms with van der Waals surface area (Å²) >= 11 is 1.23. The lowest BCUT2D eigenvalue weighted by Crippen LogP contribution is -2.49. The average molecular weight is 535 g/mol. The lowest BCUT2D eigenvalue weighted by Gasteiger charge is -2.35. The van der Waals surface area contributed by atoms with Gasteiger partial charge in [0, 0.05) is 5.56 Å². The molecule has 0 fully saturated rings. The highest BCUT2D eigenvalue weighted by molar-refractivity contribution is 7.92. The number of aromatic nitrogens is 2. The van der Waals surface area contributed by atoms with Gasteiger partial charge in [-0.2, -0.15) is 0 Å². The van der Waals surface area contributed by atoms with Gasteiger partial charge in [-0.1, -0.05) is 86.7 Å². The summed E-state index contributed by atoms with van der Waals surface area (Å²) in [5, 5.41) is 11.9. The van der Waals surface area contributed by atoms with Gasteiger partial charge in [-0.3, -0.25) is 14.4 Å². The number of sulfonamides is 1. The van der Waals surface area contributed by atoms with Crippen LogP contribution in [0.1, 0.15) is 26.3 Å². The number of carbonyl (C=O) groups is 1. The topological polar surface area (TPSA) is 101 Å². The van der Waals surface area contributed by atoms with Crippen LogP contribution in [0.3, 0.4) is 0 Å². The Bertz CT molecular complexity index is 1530. The van der Waals surface area contributed by atoms with E-state index in [2.05, 4.69) is 36.3 Å². The largest absolute Gasteiger partial charge is 0.476 e. The number of anilines is 2. The van der Waals surface area contributed by atoms with Gasteiger partial charge in [0.05, 0.1) is 17.1 Å². The molecule has 1 aliphatic rings. The van der Waals surface area contributed by atoms with Crippen LogP contribution in [-0.2, 0) is 20.2 Å². The third-order valence-corrected chi connectivity index (χ3v) is 8.68. The number of benzene rings is 3. The number of ether oxygens (including phenoxy) is 1. The first-order valence-electron chi connectivity index (χ1n) is 11.7. The van der Waals surface area contributed by atoms with E-state index in [1.54, 1.807) is 36.4 Å². The predicted molar refractivity (Wildman–Crippen MR) is 145 cm³/mol. The Hall–Kier alpha value is -3.76. The summed E-state index contributed by atoms with van der Waals surface area (Å²) in [6, 6.07) is 23.1. The van der Waals surface area contributed by atoms with Crippen LogP contribution < -0.4 is 14.4 Å². The van der Waals surface area contributed by atoms with Crippen molar-refractivity contribution in [2.75, 3.05) is 16.2 Å². The van der Waals surface area contributed by atoms with E-state index in [1.165, 1.54) is 15.6 Å². The molecule has 1 unspecified atom stereocenters. The van der Waals surface area contributed by atoms with Crippen molar-refractivity contribution in [2.45, 2.75) is 37.2 Å². The molecule has 190 valence electrons. The number of nitrogens with one attached hydrogen (secondary N) is 1. The standard InChI is InChI=1S/C27H26N4O4S2/c1-27(2,3)19-14-15-22-21(16-19)31(37(33,34)20-12-8-5-9-13-20)17-23(35-22)24(32)28-26-30-29-25(36-26)18-10-6-4-7-11-18/h4-16,23H,17H2,1-3H3,(H,28,30,32). The van der Waals surface area contributed by atoms with Gasteiger partial charge in [0.1, 0.15) is 10.8 Å². The maximum atomic E-state index is 13.7. The Balaban J connectivity index is 1.46. The van der Waals surface area contributed by atoms with E-state index in [4.69, 9.17) is 4.74 Å². The van der Waals surface area contributed by atoms with Crippen LogP contribution >= 0.6 is 11.3 Å². The molecule has 0 aliphatic carbocycles. The molecular formula is C27H26N4O4S2. The third kappa shape index (κ3) is 5.07. The Labute approximate surface area is 220 Å². The highest BCUT2D eigenvalue weighted by Crippen LogP contribution is 2.40. The molecule has 0 bridgehead atoms. The number of amides is 1. The average Bonchev–Trinajstić information content (AvgIpc) is 3.36. The van der Waals surface area contributed by atoms with E-state index in [0.717, 1.165) is 11.1 Å². The molecule has 37 heavy (non-hydrogen) atoms. The van der Waals surface area contributed by atoms with Crippen molar-refractivity contribution >= 4 is 38.1 Å². The van der Waals surface area contributed by atoms with Crippen molar-refractivity contribution in [3.05, 3.63) is 84.4 Å². The van der Waals surface area contributed by atoms with Crippen LogP contribution in [0.15, 0.2) is 83.8 Å². The van der Waals surface area contributed by atoms with Gasteiger partial charge in [-0.05, 0) is 35.2 Å². The van der Waals surface area contributed by atoms with E-state index in [1.807, 2.05) is 42.5 Å². The molecule has 0 saturated carbocycles. The minimum absolute atomic E-state index is 0.139. The maximum absolute atomic E-state index is 13.7. The molecule has 1 atom stereocenters. The van der Waals surface area contributed by atoms with Crippen molar-refractivity contribution in [3.63, 3.8) is 0 Å². The molecule has 1 aliphatic heterocycles. The lowest BCUT2D eigenvalue weighted by atomic mass is 9.86. The van der Waals surface area contributed by atoms with E-state index in [-0.39, 0.29) is 16.9 Å². The van der Waals surface area contributed by atoms with Crippen molar-refractivity contribution in [2.24, 2.45) is 0 Å². The van der Waals surface area contributed by atoms with Crippen LogP contribution in [0.5, 0.6) is 5.75 Å². The van der Waals surface area contributed by atoms with E-state index in [0.29, 0.717) is 21.6 Å². The Morgan fingerprint density at radius 1 is 1.00 bits per heavy atom. The van der Waals surface area contributed by atoms with Crippen molar-refractivity contribution < 1.29 is 17.9 Å². The molecule has 1 amide bonds. The highest BCUT2D eigenvalue weighted by atomic mass is 32.2. The van der Waals surface area contributed by atoms with Gasteiger partial charge in [0.2, 0.25) is 5.13 Å². The molecule has 8 nitrogen and oxygen atoms in total. The summed E-state index contributed by atoms with van der Waals surface area (Å²) in [6.07, 6.45) is -1.09. The molecule has 1 aromatic heterocycles. The van der Waals surface area contributed by atoms with Gasteiger partial charge < -0.3 is 4.74 Å². The summed E-state index contributed by atoms with van der Waals surface area (Å²) in [7, 11) is -3.96. The fourth-order valence-corrected chi connectivity index (χ4v) is 6.20. The van der Waals surface area contributed by atoms with Crippen LogP contribution in [0.4, 0.5) is 10.8 Å². The van der Waals surface area contributed by atoms with Crippen LogP contribution in [0.2, 0.25) is 0 Å². The zero-order valence-electron chi connectivity index (χ0n) is 20.6. The first-order chi connectivity index (χ1) is 17.6. The zero-order chi connectivity index (χ0) is 26.2. The molecule has 1 N–H and O–H groups in total. The number of carbonyl (C=O) groups excluding carboxylic acids is 1. The molecule has 0 saturated heterocycles. The highest BCUT2D eigenvalue weighted by Gasteiger charge is 2.38. The lowest BCUT2D eigenvalue weighted by molar-refractivity contribution is -0.122. The second kappa shape index (κ2) is 9.60. The number of nitrogens with zero attached hydrogens (tertiary/aromatic N) is 3. The Morgan fingerprint density at radius 2 is 1.68 bits per heavy atom. The second-order valence-corrected chi connectivity index (χ2v) is 12.5. The van der Waals surface area contributed by atoms with Crippen molar-refractivity contribution in [3.8, 4) is 16.3 Å². The molecule has 4 aromatic rings. The fourth-order valence-electron chi connectivity index (χ4n) is 3.96. The first-order valence-corrected chi connectivity index (χ1v) is 14.0. The maximum Gasteiger partial charge on any atom is 0.269 e. The number of fused-ring (bicyclic) bond motifs is 1. The minimum Gasteiger partial charge on any atom is -0.476 e. The number of hydrogen-bond acceptors (Lipinski definition) is 7. The molecule has 5 rings (SSSR count). The molecule has 2 heterocycles. The van der Waals surface area contributed by atoms with Gasteiger partial charge >= 0.3 is 0 Å². The van der Waals surface area contributed by atoms with Gasteiger partial charge in [0.25, 0.3) is 15.9 Å². The van der Waals surface area contributed by atoms with Crippen LogP contribution in [0, 0.1) is 0 Å². The van der Waals surface area contributed by atoms with Crippen molar-refractivity contribution in [1.29, 1.82) is 0 Å². The summed E-state index contributed by atoms with van der Waals surface area (Å²) in [5.41, 5.74) is 2.04. The Kier molecular flexibility index (Phi) is 6.47. The summed E-state index contributed by atoms with van der Waals surface area (Å²) in [6.45, 7) is 5.97. The van der Waals surface area contributed by atoms with Crippen LogP contribution in [-0.4, -0.2) is 37.2 Å². The minimum atomic E-state index is -3.96. The normalized spacial score (nSPS) is 15.5. The van der Waals surface area contributed by atoms with Gasteiger partial charge in [-0.15, -0.1) is 10.2 Å². The molecule has 10 heteroatoms. The third-order valence-electron chi connectivity index (χ3n) is 5.99. The Morgan fingerprint density at radius 3 is 2.35 bits per heavy atom. The SMILES string of the molecule is CC(C)(C)c1ccc2c(c1)N(S(=O)(=O)c1ccccc1)CC(C(=O)Nc1nnc(-c3ccccc3)s1)O2. The molecule has 0 radical (unpaired) electrons. The fraction of sp³-hybridized carbons (Fsp3) is 0.222. The monoisotopic (exact) mass is 534 g/mol. The summed E-state index contributed by atoms with van der Waals surface area (Å²) in [5.74, 6) is -0.185. The zero-order valence-corrected chi connectivity index (χ0v) is 22.2. The number of rotatable bonds is 5. The van der Waals surface area contributed by atoms with Gasteiger partial charge in [0.15, 0.2) is 6.10 Å². The van der Waals surface area contributed by atoms with Gasteiger partial charge in [-0.25, -0.2) is 8.42 Å². The molecule has 0 spiro atoms. The first kappa shape index (κ1) is 24.9. The molecular weight excluding hydrogens is 508 g/mol. The van der Waals surface area contributed by atoms with E-state index >= 15 is 0 Å². The quantitative estimate of drug-likeness (QED) is 0.382. The van der Waals surface area contributed by atoms with Crippen LogP contribution in [0.25, 0.3) is 10.6 Å². The summed E-state index contributed by atoms with van der Waals surface area (Å²) < 4.78 is 34.7. The number of hydrogen-bond donors (Lipinski definition) is 1. The van der Waals surface area contributed by atoms with E-state index < -0.39 is 22.0 Å². The second-order valence-electron chi connectivity index (χ2n) is 9.66. The van der Waals surface area contributed by atoms with Crippen molar-refractivity contribution in [1.82, 2.24) is 10.2 Å². The van der Waals surface area contributed by atoms with E-state index in [9.17, 15) is 13.2 Å². The smallest absolute Gasteiger partial charge is 0.269 e. The molecule has 3 aromatic carbocycles. The predicted octanol–water partition coefficient (Wildman–Crippen LogP) is 5.10.